The fourth-order valence-electron chi connectivity index (χ4n) is 2.81. The summed E-state index contributed by atoms with van der Waals surface area (Å²) in [6.07, 6.45) is 0. The molecular weight excluding hydrogens is 356 g/mol. The van der Waals surface area contributed by atoms with E-state index in [1.165, 1.54) is 13.2 Å². The summed E-state index contributed by atoms with van der Waals surface area (Å²) >= 11 is 0. The van der Waals surface area contributed by atoms with Gasteiger partial charge in [-0.15, -0.1) is 0 Å². The smallest absolute Gasteiger partial charge is 0.319 e. The number of allylic oxidation sites excluding steroid dienone is 1. The lowest BCUT2D eigenvalue weighted by atomic mass is 9.94. The van der Waals surface area contributed by atoms with Gasteiger partial charge >= 0.3 is 6.03 Å². The number of hydrogen-bond donors (Lipinski definition) is 3. The Kier molecular flexibility index (Phi) is 5.07. The third kappa shape index (κ3) is 3.89. The molecule has 0 aliphatic carbocycles. The average Bonchev–Trinajstić information content (AvgIpc) is 2.63. The van der Waals surface area contributed by atoms with Gasteiger partial charge in [-0.05, 0) is 48.9 Å². The minimum atomic E-state index is -1.06. The van der Waals surface area contributed by atoms with Gasteiger partial charge in [-0.1, -0.05) is 6.07 Å². The molecule has 3 amide bonds. The molecular formula is C19H17F2N3O3. The molecule has 8 heteroatoms. The van der Waals surface area contributed by atoms with Crippen LogP contribution in [0, 0.1) is 11.6 Å². The van der Waals surface area contributed by atoms with Gasteiger partial charge in [0.25, 0.3) is 5.91 Å². The molecule has 1 aliphatic rings. The van der Waals surface area contributed by atoms with E-state index in [1.54, 1.807) is 31.2 Å². The third-order valence-corrected chi connectivity index (χ3v) is 4.14. The van der Waals surface area contributed by atoms with E-state index < -0.39 is 29.6 Å². The maximum atomic E-state index is 13.6. The first kappa shape index (κ1) is 18.4. The van der Waals surface area contributed by atoms with Crippen LogP contribution in [0.2, 0.25) is 0 Å². The Labute approximate surface area is 154 Å². The lowest BCUT2D eigenvalue weighted by molar-refractivity contribution is -0.113. The van der Waals surface area contributed by atoms with Gasteiger partial charge in [0.2, 0.25) is 0 Å². The number of ether oxygens (including phenoxy) is 1. The lowest BCUT2D eigenvalue weighted by Gasteiger charge is -2.28. The zero-order valence-corrected chi connectivity index (χ0v) is 14.6. The highest BCUT2D eigenvalue weighted by molar-refractivity contribution is 6.06. The zero-order valence-electron chi connectivity index (χ0n) is 14.6. The van der Waals surface area contributed by atoms with Gasteiger partial charge in [-0.25, -0.2) is 13.6 Å². The fraction of sp³-hybridized carbons (Fsp3) is 0.158. The monoisotopic (exact) mass is 373 g/mol. The Balaban J connectivity index is 1.92. The number of carbonyl (C=O) groups excluding carboxylic acids is 2. The minimum Gasteiger partial charge on any atom is -0.497 e. The number of urea groups is 1. The first-order valence-electron chi connectivity index (χ1n) is 8.07. The normalized spacial score (nSPS) is 16.4. The number of halogens is 2. The molecule has 27 heavy (non-hydrogen) atoms. The molecule has 6 nitrogen and oxygen atoms in total. The summed E-state index contributed by atoms with van der Waals surface area (Å²) in [5.41, 5.74) is 1.28. The second-order valence-electron chi connectivity index (χ2n) is 5.93. The summed E-state index contributed by atoms with van der Waals surface area (Å²) in [5.74, 6) is -1.92. The van der Waals surface area contributed by atoms with Gasteiger partial charge in [0.15, 0.2) is 11.6 Å². The largest absolute Gasteiger partial charge is 0.497 e. The van der Waals surface area contributed by atoms with Gasteiger partial charge in [0, 0.05) is 11.4 Å². The zero-order chi connectivity index (χ0) is 19.6. The van der Waals surface area contributed by atoms with Crippen LogP contribution in [0.5, 0.6) is 5.75 Å². The molecule has 0 fully saturated rings. The van der Waals surface area contributed by atoms with Crippen molar-refractivity contribution in [1.82, 2.24) is 10.6 Å². The molecule has 0 saturated heterocycles. The Hall–Kier alpha value is -3.42. The van der Waals surface area contributed by atoms with Crippen molar-refractivity contribution < 1.29 is 23.1 Å². The van der Waals surface area contributed by atoms with Crippen LogP contribution in [-0.4, -0.2) is 19.0 Å². The van der Waals surface area contributed by atoms with Crippen LogP contribution in [0.3, 0.4) is 0 Å². The van der Waals surface area contributed by atoms with Crippen molar-refractivity contribution in [3.05, 3.63) is 70.9 Å². The molecule has 0 bridgehead atoms. The molecule has 0 aromatic heterocycles. The van der Waals surface area contributed by atoms with Crippen LogP contribution < -0.4 is 20.7 Å². The van der Waals surface area contributed by atoms with Gasteiger partial charge in [-0.2, -0.15) is 0 Å². The van der Waals surface area contributed by atoms with E-state index in [2.05, 4.69) is 16.0 Å². The van der Waals surface area contributed by atoms with Gasteiger partial charge in [0.1, 0.15) is 5.75 Å². The van der Waals surface area contributed by atoms with E-state index in [9.17, 15) is 18.4 Å². The summed E-state index contributed by atoms with van der Waals surface area (Å²) in [5, 5.41) is 7.81. The Morgan fingerprint density at radius 1 is 1.11 bits per heavy atom. The van der Waals surface area contributed by atoms with Crippen molar-refractivity contribution in [2.75, 3.05) is 12.4 Å². The van der Waals surface area contributed by atoms with Crippen LogP contribution in [-0.2, 0) is 4.79 Å². The lowest BCUT2D eigenvalue weighted by Crippen LogP contribution is -2.46. The van der Waals surface area contributed by atoms with Crippen molar-refractivity contribution >= 4 is 17.6 Å². The first-order valence-corrected chi connectivity index (χ1v) is 8.07. The van der Waals surface area contributed by atoms with Crippen LogP contribution in [0.4, 0.5) is 19.3 Å². The van der Waals surface area contributed by atoms with Crippen molar-refractivity contribution in [3.63, 3.8) is 0 Å². The number of anilines is 1. The molecule has 1 aliphatic heterocycles. The molecule has 1 heterocycles. The first-order chi connectivity index (χ1) is 12.9. The number of carbonyl (C=O) groups is 2. The van der Waals surface area contributed by atoms with Crippen molar-refractivity contribution in [2.45, 2.75) is 13.0 Å². The average molecular weight is 373 g/mol. The molecule has 2 aromatic rings. The highest BCUT2D eigenvalue weighted by Crippen LogP contribution is 2.29. The van der Waals surface area contributed by atoms with Crippen LogP contribution in [0.15, 0.2) is 53.7 Å². The standard InChI is InChI=1S/C19H17F2N3O3/c1-10-16(18(25)23-12-4-6-13(27-2)7-5-12)17(24-19(26)22-10)11-3-8-14(20)15(21)9-11/h3-9,17H,1-2H3,(H,23,25)(H2,22,24,26)/t17-/m1/s1. The maximum Gasteiger partial charge on any atom is 0.319 e. The number of benzene rings is 2. The van der Waals surface area contributed by atoms with E-state index in [4.69, 9.17) is 4.74 Å². The molecule has 3 rings (SSSR count). The Morgan fingerprint density at radius 3 is 2.44 bits per heavy atom. The summed E-state index contributed by atoms with van der Waals surface area (Å²) in [6, 6.07) is 8.46. The van der Waals surface area contributed by atoms with E-state index in [0.717, 1.165) is 12.1 Å². The van der Waals surface area contributed by atoms with Crippen LogP contribution in [0.25, 0.3) is 0 Å². The molecule has 0 spiro atoms. The predicted octanol–water partition coefficient (Wildman–Crippen LogP) is 3.24. The highest BCUT2D eigenvalue weighted by Gasteiger charge is 2.31. The SMILES string of the molecule is COc1ccc(NC(=O)C2=C(C)NC(=O)N[C@@H]2c2ccc(F)c(F)c2)cc1. The predicted molar refractivity (Wildman–Crippen MR) is 95.1 cm³/mol. The molecule has 0 radical (unpaired) electrons. The molecule has 3 N–H and O–H groups in total. The fourth-order valence-corrected chi connectivity index (χ4v) is 2.81. The minimum absolute atomic E-state index is 0.191. The maximum absolute atomic E-state index is 13.6. The number of hydrogen-bond acceptors (Lipinski definition) is 3. The topological polar surface area (TPSA) is 79.5 Å². The van der Waals surface area contributed by atoms with E-state index in [-0.39, 0.29) is 11.1 Å². The van der Waals surface area contributed by atoms with Crippen LogP contribution >= 0.6 is 0 Å². The summed E-state index contributed by atoms with van der Waals surface area (Å²) in [4.78, 5) is 24.7. The summed E-state index contributed by atoms with van der Waals surface area (Å²) in [7, 11) is 1.53. The molecule has 1 atom stereocenters. The number of rotatable bonds is 4. The summed E-state index contributed by atoms with van der Waals surface area (Å²) < 4.78 is 32.0. The van der Waals surface area contributed by atoms with Crippen molar-refractivity contribution in [2.24, 2.45) is 0 Å². The Bertz CT molecular complexity index is 926. The second-order valence-corrected chi connectivity index (χ2v) is 5.93. The van der Waals surface area contributed by atoms with Crippen LogP contribution in [0.1, 0.15) is 18.5 Å². The number of amides is 3. The Morgan fingerprint density at radius 2 is 1.81 bits per heavy atom. The quantitative estimate of drug-likeness (QED) is 0.770. The molecule has 140 valence electrons. The molecule has 2 aromatic carbocycles. The number of nitrogens with one attached hydrogen (secondary N) is 3. The van der Waals surface area contributed by atoms with E-state index in [0.29, 0.717) is 17.1 Å². The summed E-state index contributed by atoms with van der Waals surface area (Å²) in [6.45, 7) is 1.56. The van der Waals surface area contributed by atoms with Gasteiger partial charge < -0.3 is 20.7 Å². The van der Waals surface area contributed by atoms with Crippen molar-refractivity contribution in [3.8, 4) is 5.75 Å². The third-order valence-electron chi connectivity index (χ3n) is 4.14. The second kappa shape index (κ2) is 7.45. The number of methoxy groups -OCH3 is 1. The van der Waals surface area contributed by atoms with Gasteiger partial charge in [-0.3, -0.25) is 4.79 Å². The highest BCUT2D eigenvalue weighted by atomic mass is 19.2. The molecule has 0 saturated carbocycles. The van der Waals surface area contributed by atoms with Gasteiger partial charge in [0.05, 0.1) is 18.7 Å². The van der Waals surface area contributed by atoms with Crippen molar-refractivity contribution in [1.29, 1.82) is 0 Å². The molecule has 0 unspecified atom stereocenters. The van der Waals surface area contributed by atoms with E-state index >= 15 is 0 Å². The van der Waals surface area contributed by atoms with E-state index in [1.807, 2.05) is 0 Å².